The zero-order valence-electron chi connectivity index (χ0n) is 10.1. The van der Waals surface area contributed by atoms with Crippen LogP contribution in [0.1, 0.15) is 29.1 Å². The standard InChI is InChI=1S/C14H16ClNO2/c1-9-2-7-13(18-9)14(17)12(8-16)10-3-5-11(15)6-4-10/h2-7,12,14,17H,8,16H2,1H3. The molecule has 2 rings (SSSR count). The SMILES string of the molecule is Cc1ccc(C(O)C(CN)c2ccc(Cl)cc2)o1. The van der Waals surface area contributed by atoms with Gasteiger partial charge in [-0.2, -0.15) is 0 Å². The number of rotatable bonds is 4. The van der Waals surface area contributed by atoms with Crippen LogP contribution < -0.4 is 5.73 Å². The predicted octanol–water partition coefficient (Wildman–Crippen LogP) is 3.02. The van der Waals surface area contributed by atoms with Gasteiger partial charge in [-0.3, -0.25) is 0 Å². The molecule has 0 spiro atoms. The van der Waals surface area contributed by atoms with Crippen molar-refractivity contribution < 1.29 is 9.52 Å². The van der Waals surface area contributed by atoms with E-state index >= 15 is 0 Å². The molecule has 0 amide bonds. The molecule has 0 radical (unpaired) electrons. The normalized spacial score (nSPS) is 14.4. The minimum absolute atomic E-state index is 0.201. The first kappa shape index (κ1) is 13.1. The van der Waals surface area contributed by atoms with Crippen LogP contribution in [0.3, 0.4) is 0 Å². The second-order valence-electron chi connectivity index (χ2n) is 4.29. The van der Waals surface area contributed by atoms with E-state index in [1.807, 2.05) is 25.1 Å². The molecule has 3 N–H and O–H groups in total. The van der Waals surface area contributed by atoms with Gasteiger partial charge < -0.3 is 15.3 Å². The fraction of sp³-hybridized carbons (Fsp3) is 0.286. The Morgan fingerprint density at radius 1 is 1.22 bits per heavy atom. The molecule has 0 aliphatic rings. The molecule has 1 aromatic heterocycles. The van der Waals surface area contributed by atoms with Gasteiger partial charge in [-0.25, -0.2) is 0 Å². The van der Waals surface area contributed by atoms with E-state index in [1.54, 1.807) is 18.2 Å². The predicted molar refractivity (Wildman–Crippen MR) is 71.7 cm³/mol. The zero-order chi connectivity index (χ0) is 13.1. The Hall–Kier alpha value is -1.29. The lowest BCUT2D eigenvalue weighted by Gasteiger charge is -2.20. The summed E-state index contributed by atoms with van der Waals surface area (Å²) in [7, 11) is 0. The number of aliphatic hydroxyl groups excluding tert-OH is 1. The van der Waals surface area contributed by atoms with Crippen LogP contribution in [-0.2, 0) is 0 Å². The van der Waals surface area contributed by atoms with Crippen LogP contribution in [0.2, 0.25) is 5.02 Å². The summed E-state index contributed by atoms with van der Waals surface area (Å²) < 4.78 is 5.44. The highest BCUT2D eigenvalue weighted by molar-refractivity contribution is 6.30. The van der Waals surface area contributed by atoms with Gasteiger partial charge in [0.2, 0.25) is 0 Å². The van der Waals surface area contributed by atoms with Crippen molar-refractivity contribution in [3.63, 3.8) is 0 Å². The summed E-state index contributed by atoms with van der Waals surface area (Å²) in [4.78, 5) is 0. The maximum Gasteiger partial charge on any atom is 0.133 e. The topological polar surface area (TPSA) is 59.4 Å². The van der Waals surface area contributed by atoms with Crippen molar-refractivity contribution >= 4 is 11.6 Å². The molecule has 0 saturated heterocycles. The highest BCUT2D eigenvalue weighted by Crippen LogP contribution is 2.31. The van der Waals surface area contributed by atoms with Crippen LogP contribution in [0.5, 0.6) is 0 Å². The van der Waals surface area contributed by atoms with Crippen LogP contribution in [0.15, 0.2) is 40.8 Å². The Labute approximate surface area is 111 Å². The molecule has 18 heavy (non-hydrogen) atoms. The molecule has 2 unspecified atom stereocenters. The molecule has 0 bridgehead atoms. The van der Waals surface area contributed by atoms with Crippen LogP contribution in [-0.4, -0.2) is 11.7 Å². The third-order valence-corrected chi connectivity index (χ3v) is 3.24. The second-order valence-corrected chi connectivity index (χ2v) is 4.72. The monoisotopic (exact) mass is 265 g/mol. The summed E-state index contributed by atoms with van der Waals surface area (Å²) in [5.74, 6) is 1.11. The fourth-order valence-electron chi connectivity index (χ4n) is 1.97. The van der Waals surface area contributed by atoms with E-state index in [-0.39, 0.29) is 5.92 Å². The molecule has 3 nitrogen and oxygen atoms in total. The van der Waals surface area contributed by atoms with Gasteiger partial charge in [-0.15, -0.1) is 0 Å². The van der Waals surface area contributed by atoms with E-state index in [0.717, 1.165) is 11.3 Å². The quantitative estimate of drug-likeness (QED) is 0.893. The highest BCUT2D eigenvalue weighted by atomic mass is 35.5. The third kappa shape index (κ3) is 2.75. The van der Waals surface area contributed by atoms with E-state index in [4.69, 9.17) is 21.8 Å². The summed E-state index contributed by atoms with van der Waals surface area (Å²) in [6, 6.07) is 10.9. The molecule has 2 atom stereocenters. The molecule has 0 fully saturated rings. The number of nitrogens with two attached hydrogens (primary N) is 1. The van der Waals surface area contributed by atoms with Crippen molar-refractivity contribution in [2.24, 2.45) is 5.73 Å². The van der Waals surface area contributed by atoms with E-state index in [9.17, 15) is 5.11 Å². The van der Waals surface area contributed by atoms with E-state index in [2.05, 4.69) is 0 Å². The van der Waals surface area contributed by atoms with Gasteiger partial charge in [-0.1, -0.05) is 23.7 Å². The van der Waals surface area contributed by atoms with Crippen LogP contribution in [0.4, 0.5) is 0 Å². The minimum Gasteiger partial charge on any atom is -0.464 e. The summed E-state index contributed by atoms with van der Waals surface area (Å²) in [5, 5.41) is 11.0. The van der Waals surface area contributed by atoms with Gasteiger partial charge in [-0.05, 0) is 36.8 Å². The number of hydrogen-bond donors (Lipinski definition) is 2. The molecule has 4 heteroatoms. The Kier molecular flexibility index (Phi) is 4.07. The number of halogens is 1. The molecule has 0 saturated carbocycles. The first-order valence-corrected chi connectivity index (χ1v) is 6.19. The Morgan fingerprint density at radius 3 is 2.39 bits per heavy atom. The number of aryl methyl sites for hydroxylation is 1. The lowest BCUT2D eigenvalue weighted by atomic mass is 9.92. The Bertz CT molecular complexity index is 507. The summed E-state index contributed by atoms with van der Waals surface area (Å²) in [6.45, 7) is 2.18. The zero-order valence-corrected chi connectivity index (χ0v) is 10.9. The average Bonchev–Trinajstić information content (AvgIpc) is 2.79. The smallest absolute Gasteiger partial charge is 0.133 e. The van der Waals surface area contributed by atoms with Crippen molar-refractivity contribution in [1.29, 1.82) is 0 Å². The summed E-state index contributed by atoms with van der Waals surface area (Å²) in [5.41, 5.74) is 6.70. The van der Waals surface area contributed by atoms with Crippen LogP contribution in [0, 0.1) is 6.92 Å². The maximum atomic E-state index is 10.3. The lowest BCUT2D eigenvalue weighted by molar-refractivity contribution is 0.121. The summed E-state index contributed by atoms with van der Waals surface area (Å²) in [6.07, 6.45) is -0.745. The van der Waals surface area contributed by atoms with Gasteiger partial charge in [0.15, 0.2) is 0 Å². The molecular formula is C14H16ClNO2. The molecule has 0 aliphatic heterocycles. The summed E-state index contributed by atoms with van der Waals surface area (Å²) >= 11 is 5.85. The third-order valence-electron chi connectivity index (χ3n) is 2.99. The first-order chi connectivity index (χ1) is 8.61. The van der Waals surface area contributed by atoms with Gasteiger partial charge in [0.25, 0.3) is 0 Å². The van der Waals surface area contributed by atoms with Crippen molar-refractivity contribution in [3.05, 3.63) is 58.5 Å². The molecular weight excluding hydrogens is 250 g/mol. The van der Waals surface area contributed by atoms with E-state index < -0.39 is 6.10 Å². The van der Waals surface area contributed by atoms with Crippen LogP contribution in [0.25, 0.3) is 0 Å². The Balaban J connectivity index is 2.25. The highest BCUT2D eigenvalue weighted by Gasteiger charge is 2.23. The van der Waals surface area contributed by atoms with Gasteiger partial charge in [0.05, 0.1) is 0 Å². The van der Waals surface area contributed by atoms with E-state index in [1.165, 1.54) is 0 Å². The number of furan rings is 1. The average molecular weight is 266 g/mol. The van der Waals surface area contributed by atoms with Crippen molar-refractivity contribution in [2.75, 3.05) is 6.54 Å². The molecule has 2 aromatic rings. The maximum absolute atomic E-state index is 10.3. The van der Waals surface area contributed by atoms with Gasteiger partial charge in [0.1, 0.15) is 17.6 Å². The van der Waals surface area contributed by atoms with Crippen LogP contribution >= 0.6 is 11.6 Å². The van der Waals surface area contributed by atoms with E-state index in [0.29, 0.717) is 17.3 Å². The first-order valence-electron chi connectivity index (χ1n) is 5.81. The lowest BCUT2D eigenvalue weighted by Crippen LogP contribution is -2.19. The van der Waals surface area contributed by atoms with Crippen molar-refractivity contribution in [1.82, 2.24) is 0 Å². The molecule has 0 aliphatic carbocycles. The fourth-order valence-corrected chi connectivity index (χ4v) is 2.09. The van der Waals surface area contributed by atoms with Gasteiger partial charge in [0, 0.05) is 17.5 Å². The molecule has 96 valence electrons. The molecule has 1 heterocycles. The number of aliphatic hydroxyl groups is 1. The number of benzene rings is 1. The minimum atomic E-state index is -0.745. The Morgan fingerprint density at radius 2 is 1.89 bits per heavy atom. The van der Waals surface area contributed by atoms with Gasteiger partial charge >= 0.3 is 0 Å². The number of hydrogen-bond acceptors (Lipinski definition) is 3. The second kappa shape index (κ2) is 5.57. The van der Waals surface area contributed by atoms with Crippen molar-refractivity contribution in [3.8, 4) is 0 Å². The largest absolute Gasteiger partial charge is 0.464 e. The molecule has 1 aromatic carbocycles. The van der Waals surface area contributed by atoms with Crippen molar-refractivity contribution in [2.45, 2.75) is 18.9 Å².